The molecule has 8 nitrogen and oxygen atoms in total. The van der Waals surface area contributed by atoms with Gasteiger partial charge in [-0.1, -0.05) is 0 Å². The van der Waals surface area contributed by atoms with E-state index in [1.165, 1.54) is 18.2 Å². The van der Waals surface area contributed by atoms with Crippen molar-refractivity contribution in [3.8, 4) is 22.7 Å². The van der Waals surface area contributed by atoms with Crippen molar-refractivity contribution in [1.82, 2.24) is 9.78 Å². The number of nitrogens with zero attached hydrogens (tertiary/aromatic N) is 3. The topological polar surface area (TPSA) is 118 Å². The number of carboxylic acids is 1. The SMILES string of the molecule is O=C(O)c1cc(-n2nc(C(F)(F)F)cc2-c2ccc([N+](=O)[O-])cc2)ccc1O. The van der Waals surface area contributed by atoms with Crippen molar-refractivity contribution < 1.29 is 33.1 Å². The molecule has 144 valence electrons. The van der Waals surface area contributed by atoms with Gasteiger partial charge in [-0.3, -0.25) is 10.1 Å². The largest absolute Gasteiger partial charge is 0.507 e. The summed E-state index contributed by atoms with van der Waals surface area (Å²) >= 11 is 0. The van der Waals surface area contributed by atoms with Gasteiger partial charge in [0.05, 0.1) is 16.3 Å². The van der Waals surface area contributed by atoms with Crippen molar-refractivity contribution in [1.29, 1.82) is 0 Å². The standard InChI is InChI=1S/C17H10F3N3O5/c18-17(19,20)15-8-13(9-1-3-10(4-2-9)23(27)28)22(21-15)11-5-6-14(24)12(7-11)16(25)26/h1-8,24H,(H,25,26). The summed E-state index contributed by atoms with van der Waals surface area (Å²) in [5.74, 6) is -2.03. The summed E-state index contributed by atoms with van der Waals surface area (Å²) in [4.78, 5) is 21.3. The summed E-state index contributed by atoms with van der Waals surface area (Å²) in [6.07, 6.45) is -4.77. The monoisotopic (exact) mass is 393 g/mol. The molecular weight excluding hydrogens is 383 g/mol. The van der Waals surface area contributed by atoms with Crippen LogP contribution >= 0.6 is 0 Å². The molecule has 0 amide bonds. The van der Waals surface area contributed by atoms with Gasteiger partial charge in [-0.25, -0.2) is 9.48 Å². The predicted molar refractivity (Wildman–Crippen MR) is 89.3 cm³/mol. The highest BCUT2D eigenvalue weighted by Crippen LogP contribution is 2.34. The first kappa shape index (κ1) is 18.9. The minimum absolute atomic E-state index is 0.0425. The Hall–Kier alpha value is -3.89. The van der Waals surface area contributed by atoms with Gasteiger partial charge in [0.1, 0.15) is 11.3 Å². The molecule has 0 saturated heterocycles. The van der Waals surface area contributed by atoms with Crippen LogP contribution in [-0.2, 0) is 6.18 Å². The fraction of sp³-hybridized carbons (Fsp3) is 0.0588. The number of halogens is 3. The van der Waals surface area contributed by atoms with E-state index >= 15 is 0 Å². The number of aromatic carboxylic acids is 1. The molecule has 0 fully saturated rings. The number of nitro benzene ring substituents is 1. The Labute approximate surface area is 154 Å². The summed E-state index contributed by atoms with van der Waals surface area (Å²) in [6.45, 7) is 0. The van der Waals surface area contributed by atoms with E-state index in [4.69, 9.17) is 5.11 Å². The summed E-state index contributed by atoms with van der Waals surface area (Å²) in [7, 11) is 0. The molecule has 11 heteroatoms. The molecule has 0 aliphatic carbocycles. The molecule has 0 aliphatic heterocycles. The number of hydrogen-bond acceptors (Lipinski definition) is 5. The van der Waals surface area contributed by atoms with Gasteiger partial charge in [0.25, 0.3) is 5.69 Å². The second-order valence-corrected chi connectivity index (χ2v) is 5.63. The quantitative estimate of drug-likeness (QED) is 0.513. The van der Waals surface area contributed by atoms with Gasteiger partial charge < -0.3 is 10.2 Å². The van der Waals surface area contributed by atoms with Crippen LogP contribution < -0.4 is 0 Å². The zero-order valence-electron chi connectivity index (χ0n) is 13.7. The number of aromatic hydroxyl groups is 1. The highest BCUT2D eigenvalue weighted by atomic mass is 19.4. The van der Waals surface area contributed by atoms with Crippen LogP contribution in [0.25, 0.3) is 16.9 Å². The molecule has 0 bridgehead atoms. The van der Waals surface area contributed by atoms with E-state index in [2.05, 4.69) is 5.10 Å². The minimum atomic E-state index is -4.77. The third-order valence-electron chi connectivity index (χ3n) is 3.83. The van der Waals surface area contributed by atoms with Crippen molar-refractivity contribution >= 4 is 11.7 Å². The first-order valence-corrected chi connectivity index (χ1v) is 7.56. The van der Waals surface area contributed by atoms with Crippen molar-refractivity contribution in [3.63, 3.8) is 0 Å². The van der Waals surface area contributed by atoms with Crippen LogP contribution in [0, 0.1) is 10.1 Å². The Bertz CT molecular complexity index is 1070. The minimum Gasteiger partial charge on any atom is -0.507 e. The number of alkyl halides is 3. The lowest BCUT2D eigenvalue weighted by atomic mass is 10.1. The van der Waals surface area contributed by atoms with Crippen molar-refractivity contribution in [2.24, 2.45) is 0 Å². The number of phenols is 1. The maximum absolute atomic E-state index is 13.2. The number of nitro groups is 1. The van der Waals surface area contributed by atoms with Crippen LogP contribution in [0.5, 0.6) is 5.75 Å². The molecule has 28 heavy (non-hydrogen) atoms. The molecule has 0 unspecified atom stereocenters. The molecule has 3 rings (SSSR count). The van der Waals surface area contributed by atoms with Gasteiger partial charge in [-0.15, -0.1) is 0 Å². The van der Waals surface area contributed by atoms with Gasteiger partial charge in [-0.05, 0) is 36.4 Å². The second kappa shape index (κ2) is 6.68. The Morgan fingerprint density at radius 1 is 1.11 bits per heavy atom. The summed E-state index contributed by atoms with van der Waals surface area (Å²) in [5.41, 5.74) is -1.91. The molecule has 1 heterocycles. The Morgan fingerprint density at radius 2 is 1.75 bits per heavy atom. The first-order valence-electron chi connectivity index (χ1n) is 7.56. The molecule has 0 atom stereocenters. The number of non-ortho nitro benzene ring substituents is 1. The van der Waals surface area contributed by atoms with Gasteiger partial charge >= 0.3 is 12.1 Å². The van der Waals surface area contributed by atoms with Crippen LogP contribution in [0.15, 0.2) is 48.5 Å². The lowest BCUT2D eigenvalue weighted by Crippen LogP contribution is -2.08. The van der Waals surface area contributed by atoms with Gasteiger partial charge in [-0.2, -0.15) is 18.3 Å². The van der Waals surface area contributed by atoms with Crippen LogP contribution in [0.4, 0.5) is 18.9 Å². The van der Waals surface area contributed by atoms with Crippen molar-refractivity contribution in [2.45, 2.75) is 6.18 Å². The summed E-state index contributed by atoms with van der Waals surface area (Å²) in [6, 6.07) is 8.69. The third-order valence-corrected chi connectivity index (χ3v) is 3.83. The molecule has 0 radical (unpaired) electrons. The van der Waals surface area contributed by atoms with E-state index < -0.39 is 34.1 Å². The normalized spacial score (nSPS) is 11.4. The van der Waals surface area contributed by atoms with E-state index in [0.29, 0.717) is 0 Å². The highest BCUT2D eigenvalue weighted by molar-refractivity contribution is 5.91. The number of rotatable bonds is 4. The van der Waals surface area contributed by atoms with Crippen molar-refractivity contribution in [3.05, 3.63) is 69.9 Å². The molecule has 2 N–H and O–H groups in total. The smallest absolute Gasteiger partial charge is 0.435 e. The second-order valence-electron chi connectivity index (χ2n) is 5.63. The third kappa shape index (κ3) is 3.49. The highest BCUT2D eigenvalue weighted by Gasteiger charge is 2.35. The summed E-state index contributed by atoms with van der Waals surface area (Å²) < 4.78 is 40.3. The molecule has 1 aromatic heterocycles. The molecule has 2 aromatic carbocycles. The number of carbonyl (C=O) groups is 1. The fourth-order valence-corrected chi connectivity index (χ4v) is 2.50. The maximum atomic E-state index is 13.2. The summed E-state index contributed by atoms with van der Waals surface area (Å²) in [5, 5.41) is 33.0. The van der Waals surface area contributed by atoms with Crippen LogP contribution in [0.2, 0.25) is 0 Å². The van der Waals surface area contributed by atoms with E-state index in [-0.39, 0.29) is 22.6 Å². The average molecular weight is 393 g/mol. The number of hydrogen-bond donors (Lipinski definition) is 2. The van der Waals surface area contributed by atoms with E-state index in [0.717, 1.165) is 35.0 Å². The number of carboxylic acid groups (broad SMARTS) is 1. The van der Waals surface area contributed by atoms with Crippen molar-refractivity contribution in [2.75, 3.05) is 0 Å². The first-order chi connectivity index (χ1) is 13.1. The van der Waals surface area contributed by atoms with Crippen LogP contribution in [-0.4, -0.2) is 30.9 Å². The number of benzene rings is 2. The number of aromatic nitrogens is 2. The zero-order chi connectivity index (χ0) is 20.6. The fourth-order valence-electron chi connectivity index (χ4n) is 2.50. The van der Waals surface area contributed by atoms with E-state index in [1.54, 1.807) is 0 Å². The van der Waals surface area contributed by atoms with Crippen LogP contribution in [0.1, 0.15) is 16.1 Å². The van der Waals surface area contributed by atoms with E-state index in [1.807, 2.05) is 0 Å². The average Bonchev–Trinajstić information content (AvgIpc) is 3.07. The molecule has 0 spiro atoms. The molecular formula is C17H10F3N3O5. The Balaban J connectivity index is 2.20. The van der Waals surface area contributed by atoms with Gasteiger partial charge in [0.2, 0.25) is 0 Å². The van der Waals surface area contributed by atoms with Gasteiger partial charge in [0.15, 0.2) is 5.69 Å². The zero-order valence-corrected chi connectivity index (χ0v) is 13.7. The molecule has 3 aromatic rings. The molecule has 0 saturated carbocycles. The van der Waals surface area contributed by atoms with Crippen LogP contribution in [0.3, 0.4) is 0 Å². The van der Waals surface area contributed by atoms with E-state index in [9.17, 15) is 33.2 Å². The maximum Gasteiger partial charge on any atom is 0.435 e. The molecule has 0 aliphatic rings. The lowest BCUT2D eigenvalue weighted by Gasteiger charge is -2.09. The Kier molecular flexibility index (Phi) is 4.51. The lowest BCUT2D eigenvalue weighted by molar-refractivity contribution is -0.384. The predicted octanol–water partition coefficient (Wildman–Crippen LogP) is 3.87. The Morgan fingerprint density at radius 3 is 2.29 bits per heavy atom. The van der Waals surface area contributed by atoms with Gasteiger partial charge in [0, 0.05) is 17.7 Å².